The lowest BCUT2D eigenvalue weighted by Crippen LogP contribution is -2.41. The van der Waals surface area contributed by atoms with E-state index in [9.17, 15) is 10.0 Å². The Morgan fingerprint density at radius 3 is 1.86 bits per heavy atom. The van der Waals surface area contributed by atoms with E-state index in [1.54, 1.807) is 23.6 Å². The summed E-state index contributed by atoms with van der Waals surface area (Å²) in [5.74, 6) is 0. The minimum atomic E-state index is -0.373. The highest BCUT2D eigenvalue weighted by Gasteiger charge is 2.14. The van der Waals surface area contributed by atoms with Crippen molar-refractivity contribution in [1.82, 2.24) is 9.80 Å². The Balaban J connectivity index is 4.20. The van der Waals surface area contributed by atoms with Crippen LogP contribution < -0.4 is 0 Å². The average Bonchev–Trinajstić information content (AvgIpc) is 2.43. The van der Waals surface area contributed by atoms with Crippen molar-refractivity contribution >= 4 is 0 Å². The zero-order chi connectivity index (χ0) is 16.1. The van der Waals surface area contributed by atoms with Gasteiger partial charge in [0.25, 0.3) is 0 Å². The molecule has 0 aromatic carbocycles. The van der Waals surface area contributed by atoms with Gasteiger partial charge in [-0.25, -0.2) is 0 Å². The molecular formula is C12H27N3O6. The molecule has 0 fully saturated rings. The molecule has 9 heteroatoms. The summed E-state index contributed by atoms with van der Waals surface area (Å²) in [6, 6.07) is 0. The van der Waals surface area contributed by atoms with Gasteiger partial charge in [0.15, 0.2) is 0 Å². The molecule has 2 unspecified atom stereocenters. The summed E-state index contributed by atoms with van der Waals surface area (Å²) in [7, 11) is 0. The van der Waals surface area contributed by atoms with E-state index in [0.29, 0.717) is 26.2 Å². The van der Waals surface area contributed by atoms with Crippen LogP contribution in [0.4, 0.5) is 0 Å². The van der Waals surface area contributed by atoms with Crippen LogP contribution in [0.25, 0.3) is 0 Å². The van der Waals surface area contributed by atoms with Gasteiger partial charge in [0.1, 0.15) is 20.3 Å². The second-order valence-corrected chi connectivity index (χ2v) is 4.78. The molecule has 2 atom stereocenters. The van der Waals surface area contributed by atoms with Crippen molar-refractivity contribution in [3.05, 3.63) is 4.91 Å². The predicted octanol–water partition coefficient (Wildman–Crippen LogP) is -1.03. The first-order valence-corrected chi connectivity index (χ1v) is 6.86. The first-order chi connectivity index (χ1) is 10.1. The van der Waals surface area contributed by atoms with Gasteiger partial charge in [-0.15, -0.1) is 4.91 Å². The van der Waals surface area contributed by atoms with Gasteiger partial charge < -0.3 is 24.8 Å². The van der Waals surface area contributed by atoms with E-state index in [0.717, 1.165) is 0 Å². The number of rotatable bonds is 14. The maximum Gasteiger partial charge on any atom is 0.143 e. The topological polar surface area (TPSA) is 115 Å². The zero-order valence-corrected chi connectivity index (χ0v) is 12.7. The van der Waals surface area contributed by atoms with Crippen LogP contribution in [0.2, 0.25) is 0 Å². The molecule has 0 bridgehead atoms. The van der Waals surface area contributed by atoms with Crippen LogP contribution in [0.3, 0.4) is 0 Å². The molecular weight excluding hydrogens is 282 g/mol. The van der Waals surface area contributed by atoms with Crippen LogP contribution >= 0.6 is 0 Å². The van der Waals surface area contributed by atoms with Gasteiger partial charge in [-0.1, -0.05) is 5.18 Å². The van der Waals surface area contributed by atoms with E-state index in [2.05, 4.69) is 5.18 Å². The van der Waals surface area contributed by atoms with Gasteiger partial charge in [0, 0.05) is 26.2 Å². The third-order valence-electron chi connectivity index (χ3n) is 2.94. The van der Waals surface area contributed by atoms with Crippen LogP contribution in [-0.4, -0.2) is 90.5 Å². The molecule has 0 rings (SSSR count). The monoisotopic (exact) mass is 309 g/mol. The highest BCUT2D eigenvalue weighted by molar-refractivity contribution is 4.66. The van der Waals surface area contributed by atoms with Crippen LogP contribution in [-0.2, 0) is 9.47 Å². The molecule has 21 heavy (non-hydrogen) atoms. The van der Waals surface area contributed by atoms with E-state index in [4.69, 9.17) is 19.7 Å². The fourth-order valence-corrected chi connectivity index (χ4v) is 1.89. The Morgan fingerprint density at radius 1 is 0.952 bits per heavy atom. The SMILES string of the molecule is CC(CN(CO)CCN(CN=O)CC(C)OCO)OCO. The Morgan fingerprint density at radius 2 is 1.43 bits per heavy atom. The van der Waals surface area contributed by atoms with Gasteiger partial charge >= 0.3 is 0 Å². The second kappa shape index (κ2) is 13.0. The summed E-state index contributed by atoms with van der Waals surface area (Å²) < 4.78 is 10.0. The van der Waals surface area contributed by atoms with Crippen molar-refractivity contribution in [3.8, 4) is 0 Å². The molecule has 0 aliphatic heterocycles. The summed E-state index contributed by atoms with van der Waals surface area (Å²) in [6.45, 7) is 4.64. The number of nitrogens with zero attached hydrogens (tertiary/aromatic N) is 3. The molecule has 0 amide bonds. The van der Waals surface area contributed by atoms with E-state index in [-0.39, 0.29) is 39.2 Å². The van der Waals surface area contributed by atoms with Crippen molar-refractivity contribution in [2.45, 2.75) is 26.1 Å². The molecule has 0 saturated heterocycles. The second-order valence-electron chi connectivity index (χ2n) is 4.78. The Kier molecular flexibility index (Phi) is 12.6. The average molecular weight is 309 g/mol. The molecule has 0 aliphatic rings. The van der Waals surface area contributed by atoms with Gasteiger partial charge in [-0.05, 0) is 13.8 Å². The molecule has 0 saturated carbocycles. The van der Waals surface area contributed by atoms with Crippen molar-refractivity contribution in [2.75, 3.05) is 53.2 Å². The Labute approximate surface area is 125 Å². The molecule has 0 aromatic rings. The molecule has 0 aliphatic carbocycles. The number of ether oxygens (including phenoxy) is 2. The molecule has 0 aromatic heterocycles. The van der Waals surface area contributed by atoms with E-state index < -0.39 is 0 Å². The van der Waals surface area contributed by atoms with Crippen molar-refractivity contribution in [1.29, 1.82) is 0 Å². The fraction of sp³-hybridized carbons (Fsp3) is 1.00. The molecule has 126 valence electrons. The van der Waals surface area contributed by atoms with E-state index in [1.165, 1.54) is 0 Å². The predicted molar refractivity (Wildman–Crippen MR) is 76.2 cm³/mol. The van der Waals surface area contributed by atoms with Crippen LogP contribution in [0.5, 0.6) is 0 Å². The highest BCUT2D eigenvalue weighted by Crippen LogP contribution is 2.00. The summed E-state index contributed by atoms with van der Waals surface area (Å²) in [6.07, 6.45) is -0.438. The first kappa shape index (κ1) is 20.3. The lowest BCUT2D eigenvalue weighted by atomic mass is 10.3. The first-order valence-electron chi connectivity index (χ1n) is 6.86. The lowest BCUT2D eigenvalue weighted by molar-refractivity contribution is -0.0647. The molecule has 9 nitrogen and oxygen atoms in total. The molecule has 0 spiro atoms. The van der Waals surface area contributed by atoms with Crippen molar-refractivity contribution < 1.29 is 24.8 Å². The minimum absolute atomic E-state index is 0.0150. The number of aliphatic hydroxyl groups excluding tert-OH is 3. The van der Waals surface area contributed by atoms with Gasteiger partial charge in [0.05, 0.1) is 18.9 Å². The summed E-state index contributed by atoms with van der Waals surface area (Å²) >= 11 is 0. The summed E-state index contributed by atoms with van der Waals surface area (Å²) in [5.41, 5.74) is 0. The summed E-state index contributed by atoms with van der Waals surface area (Å²) in [4.78, 5) is 13.9. The number of nitroso groups, excluding NO2 is 1. The van der Waals surface area contributed by atoms with Crippen molar-refractivity contribution in [3.63, 3.8) is 0 Å². The van der Waals surface area contributed by atoms with E-state index >= 15 is 0 Å². The van der Waals surface area contributed by atoms with Crippen LogP contribution in [0.1, 0.15) is 13.8 Å². The van der Waals surface area contributed by atoms with Gasteiger partial charge in [-0.3, -0.25) is 9.80 Å². The van der Waals surface area contributed by atoms with E-state index in [1.807, 2.05) is 0 Å². The largest absolute Gasteiger partial charge is 0.381 e. The fourth-order valence-electron chi connectivity index (χ4n) is 1.89. The lowest BCUT2D eigenvalue weighted by Gasteiger charge is -2.27. The zero-order valence-electron chi connectivity index (χ0n) is 12.7. The Hall–Kier alpha value is -0.680. The molecule has 0 heterocycles. The Bertz CT molecular complexity index is 259. The third kappa shape index (κ3) is 10.7. The highest BCUT2D eigenvalue weighted by atomic mass is 16.6. The number of hydrogen-bond donors (Lipinski definition) is 3. The van der Waals surface area contributed by atoms with Crippen molar-refractivity contribution in [2.24, 2.45) is 5.18 Å². The maximum absolute atomic E-state index is 10.4. The molecule has 0 radical (unpaired) electrons. The minimum Gasteiger partial charge on any atom is -0.381 e. The van der Waals surface area contributed by atoms with Gasteiger partial charge in [0.2, 0.25) is 0 Å². The summed E-state index contributed by atoms with van der Waals surface area (Å²) in [5, 5.41) is 29.5. The standard InChI is InChI=1S/C12H27N3O6/c1-11(20-9-17)5-14(7-13-19)3-4-15(8-16)6-12(2)21-10-18/h11-12,16-18H,3-10H2,1-2H3. The number of hydrogen-bond acceptors (Lipinski definition) is 9. The molecule has 3 N–H and O–H groups in total. The maximum atomic E-state index is 10.4. The third-order valence-corrected chi connectivity index (χ3v) is 2.94. The van der Waals surface area contributed by atoms with Gasteiger partial charge in [-0.2, -0.15) is 0 Å². The normalized spacial score (nSPS) is 14.6. The quantitative estimate of drug-likeness (QED) is 0.276. The van der Waals surface area contributed by atoms with Crippen LogP contribution in [0.15, 0.2) is 5.18 Å². The number of aliphatic hydroxyl groups is 3. The van der Waals surface area contributed by atoms with Crippen LogP contribution in [0, 0.1) is 4.91 Å². The smallest absolute Gasteiger partial charge is 0.143 e.